The summed E-state index contributed by atoms with van der Waals surface area (Å²) in [6.45, 7) is -0.0885. The first-order valence-corrected chi connectivity index (χ1v) is 7.67. The van der Waals surface area contributed by atoms with Gasteiger partial charge in [0.2, 0.25) is 11.8 Å². The Morgan fingerprint density at radius 1 is 1.33 bits per heavy atom. The number of piperidine rings is 1. The van der Waals surface area contributed by atoms with E-state index in [9.17, 15) is 28.3 Å². The van der Waals surface area contributed by atoms with Gasteiger partial charge in [-0.25, -0.2) is 8.78 Å². The molecule has 0 radical (unpaired) electrons. The number of amides is 2. The van der Waals surface area contributed by atoms with Crippen LogP contribution in [0.5, 0.6) is 5.88 Å². The molecule has 0 aromatic carbocycles. The first kappa shape index (κ1) is 20.4. The van der Waals surface area contributed by atoms with Crippen LogP contribution in [-0.2, 0) is 4.79 Å². The molecule has 12 heteroatoms. The van der Waals surface area contributed by atoms with Crippen molar-refractivity contribution in [2.24, 2.45) is 5.73 Å². The molecule has 2 aromatic rings. The van der Waals surface area contributed by atoms with Crippen molar-refractivity contribution < 1.29 is 23.5 Å². The highest BCUT2D eigenvalue weighted by molar-refractivity contribution is 5.95. The second-order valence-electron chi connectivity index (χ2n) is 5.90. The predicted molar refractivity (Wildman–Crippen MR) is 93.0 cm³/mol. The Balaban J connectivity index is 0.00000261. The summed E-state index contributed by atoms with van der Waals surface area (Å²) in [6, 6.07) is 1.36. The molecular formula is C15H16ClF2N5O4. The zero-order valence-electron chi connectivity index (χ0n) is 13.8. The number of H-pyrrole nitrogens is 1. The molecule has 9 nitrogen and oxygen atoms in total. The van der Waals surface area contributed by atoms with Gasteiger partial charge in [-0.2, -0.15) is 9.61 Å². The van der Waals surface area contributed by atoms with E-state index in [1.807, 2.05) is 0 Å². The molecule has 1 aliphatic heterocycles. The van der Waals surface area contributed by atoms with Gasteiger partial charge in [0, 0.05) is 38.1 Å². The van der Waals surface area contributed by atoms with Crippen molar-refractivity contribution in [3.05, 3.63) is 33.8 Å². The average molecular weight is 404 g/mol. The Kier molecular flexibility index (Phi) is 5.54. The normalized spacial score (nSPS) is 16.4. The average Bonchev–Trinajstić information content (AvgIpc) is 2.95. The van der Waals surface area contributed by atoms with E-state index in [-0.39, 0.29) is 49.7 Å². The maximum atomic E-state index is 13.1. The highest BCUT2D eigenvalue weighted by Gasteiger charge is 2.35. The SMILES string of the molecule is Cl.NC(=O)c1c(O)n2nc(C=CC(=O)N3CCC(F)(F)CC3)cc2[nH]c1=O. The van der Waals surface area contributed by atoms with E-state index >= 15 is 0 Å². The number of primary amides is 1. The van der Waals surface area contributed by atoms with Crippen LogP contribution in [0.15, 0.2) is 16.9 Å². The van der Waals surface area contributed by atoms with Crippen molar-refractivity contribution in [2.75, 3.05) is 13.1 Å². The van der Waals surface area contributed by atoms with Gasteiger partial charge in [-0.1, -0.05) is 0 Å². The number of alkyl halides is 2. The molecule has 2 amide bonds. The summed E-state index contributed by atoms with van der Waals surface area (Å²) in [6.07, 6.45) is 1.71. The summed E-state index contributed by atoms with van der Waals surface area (Å²) in [5, 5.41) is 13.9. The maximum Gasteiger partial charge on any atom is 0.267 e. The topological polar surface area (TPSA) is 134 Å². The minimum atomic E-state index is -2.75. The van der Waals surface area contributed by atoms with E-state index in [1.54, 1.807) is 0 Å². The van der Waals surface area contributed by atoms with Gasteiger partial charge in [-0.05, 0) is 6.08 Å². The number of aromatic nitrogens is 3. The molecule has 1 aliphatic rings. The van der Waals surface area contributed by atoms with Gasteiger partial charge in [-0.3, -0.25) is 14.4 Å². The largest absolute Gasteiger partial charge is 0.492 e. The molecule has 3 heterocycles. The molecule has 2 aromatic heterocycles. The van der Waals surface area contributed by atoms with Crippen LogP contribution >= 0.6 is 12.4 Å². The van der Waals surface area contributed by atoms with Crippen molar-refractivity contribution in [3.63, 3.8) is 0 Å². The smallest absolute Gasteiger partial charge is 0.267 e. The standard InChI is InChI=1S/C15H15F2N5O4.ClH/c16-15(17)3-5-21(6-4-15)10(23)2-1-8-7-9-19-13(25)11(12(18)24)14(26)22(9)20-8;/h1-2,7,26H,3-6H2,(H2,18,24)(H,19,25);1H. The summed E-state index contributed by atoms with van der Waals surface area (Å²) in [5.41, 5.74) is 3.81. The lowest BCUT2D eigenvalue weighted by atomic mass is 10.1. The van der Waals surface area contributed by atoms with Crippen molar-refractivity contribution in [1.82, 2.24) is 19.5 Å². The number of hydrogen-bond donors (Lipinski definition) is 3. The first-order valence-electron chi connectivity index (χ1n) is 7.67. The van der Waals surface area contributed by atoms with Crippen molar-refractivity contribution >= 4 is 35.9 Å². The quantitative estimate of drug-likeness (QED) is 0.642. The van der Waals surface area contributed by atoms with Gasteiger partial charge in [-0.15, -0.1) is 12.4 Å². The molecule has 0 atom stereocenters. The first-order chi connectivity index (χ1) is 12.2. The fourth-order valence-electron chi connectivity index (χ4n) is 2.66. The molecule has 3 rings (SSSR count). The molecule has 0 bridgehead atoms. The number of fused-ring (bicyclic) bond motifs is 1. The summed E-state index contributed by atoms with van der Waals surface area (Å²) in [4.78, 5) is 38.6. The molecule has 4 N–H and O–H groups in total. The van der Waals surface area contributed by atoms with Crippen LogP contribution in [0.4, 0.5) is 8.78 Å². The molecule has 0 spiro atoms. The summed E-state index contributed by atoms with van der Waals surface area (Å²) in [7, 11) is 0. The van der Waals surface area contributed by atoms with Gasteiger partial charge >= 0.3 is 0 Å². The third kappa shape index (κ3) is 4.08. The van der Waals surface area contributed by atoms with Crippen molar-refractivity contribution in [3.8, 4) is 5.88 Å². The van der Waals surface area contributed by atoms with Crippen LogP contribution in [0.2, 0.25) is 0 Å². The number of nitrogens with zero attached hydrogens (tertiary/aromatic N) is 3. The maximum absolute atomic E-state index is 13.1. The Morgan fingerprint density at radius 2 is 1.96 bits per heavy atom. The van der Waals surface area contributed by atoms with Gasteiger partial charge < -0.3 is 20.7 Å². The van der Waals surface area contributed by atoms with Crippen LogP contribution in [0.3, 0.4) is 0 Å². The monoisotopic (exact) mass is 403 g/mol. The van der Waals surface area contributed by atoms with E-state index < -0.39 is 34.7 Å². The van der Waals surface area contributed by atoms with Crippen LogP contribution in [-0.4, -0.2) is 55.4 Å². The number of carbonyl (C=O) groups excluding carboxylic acids is 2. The van der Waals surface area contributed by atoms with E-state index in [0.29, 0.717) is 0 Å². The van der Waals surface area contributed by atoms with E-state index in [0.717, 1.165) is 10.6 Å². The lowest BCUT2D eigenvalue weighted by Gasteiger charge is -2.30. The predicted octanol–water partition coefficient (Wildman–Crippen LogP) is 0.520. The van der Waals surface area contributed by atoms with Gasteiger partial charge in [0.15, 0.2) is 5.56 Å². The van der Waals surface area contributed by atoms with Crippen LogP contribution in [0, 0.1) is 0 Å². The number of aromatic amines is 1. The number of aromatic hydroxyl groups is 1. The highest BCUT2D eigenvalue weighted by Crippen LogP contribution is 2.27. The van der Waals surface area contributed by atoms with Crippen LogP contribution in [0.25, 0.3) is 11.7 Å². The third-order valence-electron chi connectivity index (χ3n) is 4.07. The Bertz CT molecular complexity index is 974. The van der Waals surface area contributed by atoms with Crippen molar-refractivity contribution in [2.45, 2.75) is 18.8 Å². The fraction of sp³-hybridized carbons (Fsp3) is 0.333. The van der Waals surface area contributed by atoms with Gasteiger partial charge in [0.05, 0.1) is 5.69 Å². The minimum Gasteiger partial charge on any atom is -0.492 e. The Morgan fingerprint density at radius 3 is 2.56 bits per heavy atom. The van der Waals surface area contributed by atoms with Gasteiger partial charge in [0.25, 0.3) is 17.4 Å². The molecule has 1 fully saturated rings. The zero-order valence-corrected chi connectivity index (χ0v) is 14.6. The molecular weight excluding hydrogens is 388 g/mol. The number of carbonyl (C=O) groups is 2. The molecule has 0 unspecified atom stereocenters. The van der Waals surface area contributed by atoms with E-state index in [1.165, 1.54) is 17.0 Å². The molecule has 0 aliphatic carbocycles. The third-order valence-corrected chi connectivity index (χ3v) is 4.07. The Labute approximate surface area is 156 Å². The number of hydrogen-bond acceptors (Lipinski definition) is 5. The van der Waals surface area contributed by atoms with Crippen molar-refractivity contribution in [1.29, 1.82) is 0 Å². The molecule has 1 saturated heterocycles. The highest BCUT2D eigenvalue weighted by atomic mass is 35.5. The zero-order chi connectivity index (χ0) is 19.1. The number of nitrogens with two attached hydrogens (primary N) is 1. The summed E-state index contributed by atoms with van der Waals surface area (Å²) < 4.78 is 27.1. The van der Waals surface area contributed by atoms with Crippen LogP contribution in [0.1, 0.15) is 28.9 Å². The minimum absolute atomic E-state index is 0. The molecule has 146 valence electrons. The van der Waals surface area contributed by atoms with Crippen LogP contribution < -0.4 is 11.3 Å². The second kappa shape index (κ2) is 7.35. The fourth-order valence-corrected chi connectivity index (χ4v) is 2.66. The van der Waals surface area contributed by atoms with E-state index in [4.69, 9.17) is 5.73 Å². The second-order valence-corrected chi connectivity index (χ2v) is 5.90. The lowest BCUT2D eigenvalue weighted by molar-refractivity contribution is -0.132. The number of rotatable bonds is 3. The van der Waals surface area contributed by atoms with Gasteiger partial charge in [0.1, 0.15) is 5.65 Å². The summed E-state index contributed by atoms with van der Waals surface area (Å²) in [5.74, 6) is -5.03. The number of likely N-dealkylation sites (tertiary alicyclic amines) is 1. The van der Waals surface area contributed by atoms with E-state index in [2.05, 4.69) is 10.1 Å². The molecule has 27 heavy (non-hydrogen) atoms. The molecule has 0 saturated carbocycles. The Hall–Kier alpha value is -2.95. The number of halogens is 3. The summed E-state index contributed by atoms with van der Waals surface area (Å²) >= 11 is 0. The number of nitrogens with one attached hydrogen (secondary N) is 1. The lowest BCUT2D eigenvalue weighted by Crippen LogP contribution is -2.42.